The van der Waals surface area contributed by atoms with Crippen molar-refractivity contribution in [2.75, 3.05) is 13.1 Å². The van der Waals surface area contributed by atoms with Crippen molar-refractivity contribution in [3.8, 4) is 0 Å². The van der Waals surface area contributed by atoms with E-state index in [1.165, 1.54) is 10.9 Å². The number of fused-ring (bicyclic) bond motifs is 1. The molecule has 1 aromatic heterocycles. The zero-order valence-electron chi connectivity index (χ0n) is 13.5. The first-order valence-corrected chi connectivity index (χ1v) is 8.51. The molecule has 1 atom stereocenters. The van der Waals surface area contributed by atoms with Crippen LogP contribution in [0.2, 0.25) is 0 Å². The van der Waals surface area contributed by atoms with Gasteiger partial charge in [-0.1, -0.05) is 12.1 Å². The van der Waals surface area contributed by atoms with Gasteiger partial charge in [-0.3, -0.25) is 14.2 Å². The number of rotatable bonds is 3. The van der Waals surface area contributed by atoms with Crippen molar-refractivity contribution in [3.05, 3.63) is 40.9 Å². The van der Waals surface area contributed by atoms with Gasteiger partial charge in [-0.15, -0.1) is 0 Å². The van der Waals surface area contributed by atoms with Crippen molar-refractivity contribution >= 4 is 16.8 Å². The number of carbonyl (C=O) groups excluding carboxylic acids is 1. The minimum atomic E-state index is -0.555. The molecule has 2 fully saturated rings. The summed E-state index contributed by atoms with van der Waals surface area (Å²) in [5.74, 6) is 0.0878. The fourth-order valence-electron chi connectivity index (χ4n) is 3.64. The van der Waals surface area contributed by atoms with E-state index in [0.717, 1.165) is 25.7 Å². The van der Waals surface area contributed by atoms with Gasteiger partial charge in [-0.2, -0.15) is 0 Å². The summed E-state index contributed by atoms with van der Waals surface area (Å²) in [6, 6.07) is 7.14. The van der Waals surface area contributed by atoms with Gasteiger partial charge in [0.05, 0.1) is 22.8 Å². The van der Waals surface area contributed by atoms with Crippen molar-refractivity contribution < 1.29 is 9.90 Å². The van der Waals surface area contributed by atoms with Gasteiger partial charge in [0, 0.05) is 19.0 Å². The molecule has 0 spiro atoms. The van der Waals surface area contributed by atoms with Gasteiger partial charge < -0.3 is 10.0 Å². The molecule has 2 aliphatic rings. The zero-order chi connectivity index (χ0) is 16.7. The standard InChI is InChI=1S/C18H21N3O3/c22-16(20-9-3-4-13(10-20)18(24)7-8-18)11-21-12-19-15-6-2-1-5-14(15)17(21)23/h1-2,5-6,12-13,24H,3-4,7-11H2. The first-order valence-electron chi connectivity index (χ1n) is 8.51. The molecule has 1 saturated carbocycles. The van der Waals surface area contributed by atoms with Crippen LogP contribution in [0.1, 0.15) is 25.7 Å². The summed E-state index contributed by atoms with van der Waals surface area (Å²) in [4.78, 5) is 31.1. The summed E-state index contributed by atoms with van der Waals surface area (Å²) < 4.78 is 1.38. The average Bonchev–Trinajstić information content (AvgIpc) is 3.37. The third kappa shape index (κ3) is 2.71. The fraction of sp³-hybridized carbons (Fsp3) is 0.500. The third-order valence-electron chi connectivity index (χ3n) is 5.33. The number of nitrogens with zero attached hydrogens (tertiary/aromatic N) is 3. The predicted molar refractivity (Wildman–Crippen MR) is 89.5 cm³/mol. The van der Waals surface area contributed by atoms with E-state index >= 15 is 0 Å². The molecule has 4 rings (SSSR count). The zero-order valence-corrected chi connectivity index (χ0v) is 13.5. The Hall–Kier alpha value is -2.21. The van der Waals surface area contributed by atoms with Gasteiger partial charge in [-0.25, -0.2) is 4.98 Å². The quantitative estimate of drug-likeness (QED) is 0.918. The summed E-state index contributed by atoms with van der Waals surface area (Å²) in [6.45, 7) is 1.29. The third-order valence-corrected chi connectivity index (χ3v) is 5.33. The van der Waals surface area contributed by atoms with E-state index in [9.17, 15) is 14.7 Å². The maximum atomic E-state index is 12.6. The van der Waals surface area contributed by atoms with E-state index < -0.39 is 5.60 Å². The highest BCUT2D eigenvalue weighted by Crippen LogP contribution is 2.45. The lowest BCUT2D eigenvalue weighted by atomic mass is 9.90. The van der Waals surface area contributed by atoms with E-state index in [1.807, 2.05) is 6.07 Å². The van der Waals surface area contributed by atoms with E-state index in [2.05, 4.69) is 4.98 Å². The Morgan fingerprint density at radius 3 is 2.92 bits per heavy atom. The van der Waals surface area contributed by atoms with Crippen LogP contribution in [0, 0.1) is 5.92 Å². The Bertz CT molecular complexity index is 841. The van der Waals surface area contributed by atoms with Crippen LogP contribution < -0.4 is 5.56 Å². The number of amides is 1. The van der Waals surface area contributed by atoms with E-state index in [0.29, 0.717) is 24.0 Å². The van der Waals surface area contributed by atoms with E-state index in [1.54, 1.807) is 23.1 Å². The first-order chi connectivity index (χ1) is 11.6. The number of hydrogen-bond donors (Lipinski definition) is 1. The Kier molecular flexibility index (Phi) is 3.64. The SMILES string of the molecule is O=C(Cn1cnc2ccccc2c1=O)N1CCCC(C2(O)CC2)C1. The Balaban J connectivity index is 1.51. The van der Waals surface area contributed by atoms with Crippen LogP contribution in [-0.4, -0.2) is 44.2 Å². The molecule has 6 heteroatoms. The molecule has 1 saturated heterocycles. The van der Waals surface area contributed by atoms with Crippen molar-refractivity contribution in [2.24, 2.45) is 5.92 Å². The van der Waals surface area contributed by atoms with Gasteiger partial charge in [0.1, 0.15) is 6.54 Å². The normalized spacial score (nSPS) is 22.5. The van der Waals surface area contributed by atoms with Crippen LogP contribution in [0.4, 0.5) is 0 Å². The minimum Gasteiger partial charge on any atom is -0.390 e. The smallest absolute Gasteiger partial charge is 0.261 e. The molecule has 2 aromatic rings. The van der Waals surface area contributed by atoms with Gasteiger partial charge >= 0.3 is 0 Å². The minimum absolute atomic E-state index is 0.00180. The van der Waals surface area contributed by atoms with E-state index in [-0.39, 0.29) is 23.9 Å². The second-order valence-electron chi connectivity index (χ2n) is 6.98. The maximum absolute atomic E-state index is 12.6. The number of benzene rings is 1. The molecule has 1 unspecified atom stereocenters. The lowest BCUT2D eigenvalue weighted by Crippen LogP contribution is -2.46. The Morgan fingerprint density at radius 2 is 2.12 bits per heavy atom. The summed E-state index contributed by atoms with van der Waals surface area (Å²) in [6.07, 6.45) is 5.00. The van der Waals surface area contributed by atoms with Gasteiger partial charge in [0.25, 0.3) is 5.56 Å². The number of piperidine rings is 1. The number of hydrogen-bond acceptors (Lipinski definition) is 4. The lowest BCUT2D eigenvalue weighted by molar-refractivity contribution is -0.134. The number of aromatic nitrogens is 2. The van der Waals surface area contributed by atoms with Crippen LogP contribution >= 0.6 is 0 Å². The molecule has 0 radical (unpaired) electrons. The molecule has 0 bridgehead atoms. The number of para-hydroxylation sites is 1. The van der Waals surface area contributed by atoms with Crippen molar-refractivity contribution in [1.29, 1.82) is 0 Å². The predicted octanol–water partition coefficient (Wildman–Crippen LogP) is 1.16. The summed E-state index contributed by atoms with van der Waals surface area (Å²) in [5, 5.41) is 10.8. The van der Waals surface area contributed by atoms with Crippen molar-refractivity contribution in [3.63, 3.8) is 0 Å². The molecule has 2 heterocycles. The topological polar surface area (TPSA) is 75.4 Å². The maximum Gasteiger partial charge on any atom is 0.261 e. The number of aliphatic hydroxyl groups is 1. The van der Waals surface area contributed by atoms with Crippen LogP contribution in [0.5, 0.6) is 0 Å². The van der Waals surface area contributed by atoms with Gasteiger partial charge in [0.2, 0.25) is 5.91 Å². The summed E-state index contributed by atoms with van der Waals surface area (Å²) in [7, 11) is 0. The van der Waals surface area contributed by atoms with Crippen molar-refractivity contribution in [2.45, 2.75) is 37.8 Å². The second kappa shape index (κ2) is 5.70. The van der Waals surface area contributed by atoms with Crippen LogP contribution in [-0.2, 0) is 11.3 Å². The first kappa shape index (κ1) is 15.3. The molecule has 1 N–H and O–H groups in total. The molecule has 1 aliphatic carbocycles. The lowest BCUT2D eigenvalue weighted by Gasteiger charge is -2.35. The Labute approximate surface area is 139 Å². The second-order valence-corrected chi connectivity index (χ2v) is 6.98. The highest BCUT2D eigenvalue weighted by Gasteiger charge is 2.48. The molecule has 6 nitrogen and oxygen atoms in total. The van der Waals surface area contributed by atoms with Crippen LogP contribution in [0.15, 0.2) is 35.4 Å². The Morgan fingerprint density at radius 1 is 1.33 bits per heavy atom. The molecular formula is C18H21N3O3. The molecule has 24 heavy (non-hydrogen) atoms. The molecular weight excluding hydrogens is 306 g/mol. The molecule has 126 valence electrons. The van der Waals surface area contributed by atoms with E-state index in [4.69, 9.17) is 0 Å². The molecule has 1 aromatic carbocycles. The summed E-state index contributed by atoms with van der Waals surface area (Å²) in [5.41, 5.74) is -0.108. The largest absolute Gasteiger partial charge is 0.390 e. The average molecular weight is 327 g/mol. The van der Waals surface area contributed by atoms with Gasteiger partial charge in [-0.05, 0) is 37.8 Å². The fourth-order valence-corrected chi connectivity index (χ4v) is 3.64. The monoisotopic (exact) mass is 327 g/mol. The van der Waals surface area contributed by atoms with Crippen molar-refractivity contribution in [1.82, 2.24) is 14.5 Å². The summed E-state index contributed by atoms with van der Waals surface area (Å²) >= 11 is 0. The number of likely N-dealkylation sites (tertiary alicyclic amines) is 1. The van der Waals surface area contributed by atoms with Crippen LogP contribution in [0.3, 0.4) is 0 Å². The molecule has 1 aliphatic heterocycles. The highest BCUT2D eigenvalue weighted by atomic mass is 16.3. The highest BCUT2D eigenvalue weighted by molar-refractivity contribution is 5.79. The number of carbonyl (C=O) groups is 1. The van der Waals surface area contributed by atoms with Gasteiger partial charge in [0.15, 0.2) is 0 Å². The molecule has 1 amide bonds. The van der Waals surface area contributed by atoms with Crippen LogP contribution in [0.25, 0.3) is 10.9 Å².